The van der Waals surface area contributed by atoms with Crippen molar-refractivity contribution in [2.45, 2.75) is 24.6 Å². The van der Waals surface area contributed by atoms with E-state index in [1.54, 1.807) is 0 Å². The third-order valence-electron chi connectivity index (χ3n) is 1.84. The molecule has 0 amide bonds. The Kier molecular flexibility index (Phi) is 3.78. The highest BCUT2D eigenvalue weighted by Crippen LogP contribution is 2.16. The zero-order valence-corrected chi connectivity index (χ0v) is 7.24. The number of carboxylic acid groups (broad SMARTS) is 1. The molecule has 4 N–H and O–H groups in total. The van der Waals surface area contributed by atoms with Crippen LogP contribution in [0.25, 0.3) is 0 Å². The van der Waals surface area contributed by atoms with E-state index in [4.69, 9.17) is 14.9 Å². The van der Waals surface area contributed by atoms with Gasteiger partial charge in [0.15, 0.2) is 6.29 Å². The molecular weight excluding hydrogens is 196 g/mol. The van der Waals surface area contributed by atoms with Gasteiger partial charge in [-0.05, 0) is 0 Å². The highest BCUT2D eigenvalue weighted by molar-refractivity contribution is 5.68. The predicted molar refractivity (Wildman–Crippen MR) is 41.3 cm³/mol. The van der Waals surface area contributed by atoms with Crippen LogP contribution in [-0.2, 0) is 14.3 Å². The Hall–Kier alpha value is -0.730. The molecular formula is C7H12O7. The van der Waals surface area contributed by atoms with E-state index < -0.39 is 37.2 Å². The second-order valence-electron chi connectivity index (χ2n) is 2.95. The van der Waals surface area contributed by atoms with Crippen molar-refractivity contribution in [2.24, 2.45) is 0 Å². The van der Waals surface area contributed by atoms with Gasteiger partial charge in [0.05, 0.1) is 6.61 Å². The van der Waals surface area contributed by atoms with E-state index in [0.717, 1.165) is 0 Å². The number of rotatable bonds is 3. The Bertz CT molecular complexity index is 206. The molecule has 0 aromatic carbocycles. The molecule has 7 nitrogen and oxygen atoms in total. The van der Waals surface area contributed by atoms with Gasteiger partial charge in [-0.25, -0.2) is 4.79 Å². The maximum absolute atomic E-state index is 10.2. The number of aliphatic carboxylic acids is 1. The van der Waals surface area contributed by atoms with Crippen LogP contribution >= 0.6 is 0 Å². The number of carboxylic acids is 1. The van der Waals surface area contributed by atoms with E-state index in [2.05, 4.69) is 4.74 Å². The van der Waals surface area contributed by atoms with Gasteiger partial charge in [0.1, 0.15) is 24.9 Å². The fourth-order valence-corrected chi connectivity index (χ4v) is 1.16. The average molecular weight is 208 g/mol. The third-order valence-corrected chi connectivity index (χ3v) is 1.84. The van der Waals surface area contributed by atoms with Gasteiger partial charge in [0, 0.05) is 0 Å². The summed E-state index contributed by atoms with van der Waals surface area (Å²) in [5.74, 6) is -1.22. The first-order valence-electron chi connectivity index (χ1n) is 4.01. The zero-order valence-electron chi connectivity index (χ0n) is 7.24. The Morgan fingerprint density at radius 3 is 2.64 bits per heavy atom. The molecule has 1 unspecified atom stereocenters. The summed E-state index contributed by atoms with van der Waals surface area (Å²) in [7, 11) is 0. The number of aliphatic hydroxyl groups is 3. The van der Waals surface area contributed by atoms with Crippen LogP contribution in [0, 0.1) is 0 Å². The number of ether oxygens (including phenoxy) is 2. The van der Waals surface area contributed by atoms with Gasteiger partial charge < -0.3 is 29.9 Å². The van der Waals surface area contributed by atoms with E-state index in [0.29, 0.717) is 0 Å². The summed E-state index contributed by atoms with van der Waals surface area (Å²) >= 11 is 0. The van der Waals surface area contributed by atoms with Crippen LogP contribution in [0.2, 0.25) is 0 Å². The van der Waals surface area contributed by atoms with Gasteiger partial charge in [0.2, 0.25) is 0 Å². The molecule has 0 aliphatic carbocycles. The first-order valence-corrected chi connectivity index (χ1v) is 4.01. The van der Waals surface area contributed by atoms with Crippen molar-refractivity contribution in [2.75, 3.05) is 13.2 Å². The fraction of sp³-hybridized carbons (Fsp3) is 0.857. The van der Waals surface area contributed by atoms with E-state index in [9.17, 15) is 15.0 Å². The van der Waals surface area contributed by atoms with Crippen molar-refractivity contribution in [3.8, 4) is 0 Å². The van der Waals surface area contributed by atoms with Crippen molar-refractivity contribution in [1.82, 2.24) is 0 Å². The molecule has 82 valence electrons. The minimum absolute atomic E-state index is 0.206. The van der Waals surface area contributed by atoms with Gasteiger partial charge in [0.25, 0.3) is 0 Å². The minimum Gasteiger partial charge on any atom is -0.480 e. The van der Waals surface area contributed by atoms with Crippen LogP contribution in [0.15, 0.2) is 0 Å². The third kappa shape index (κ3) is 2.63. The van der Waals surface area contributed by atoms with Crippen LogP contribution in [0.4, 0.5) is 0 Å². The molecule has 1 rings (SSSR count). The summed E-state index contributed by atoms with van der Waals surface area (Å²) in [5.41, 5.74) is 0. The molecule has 7 heteroatoms. The number of hydrogen-bond acceptors (Lipinski definition) is 6. The lowest BCUT2D eigenvalue weighted by Crippen LogP contribution is -2.54. The van der Waals surface area contributed by atoms with Gasteiger partial charge in [-0.2, -0.15) is 0 Å². The monoisotopic (exact) mass is 208 g/mol. The Morgan fingerprint density at radius 2 is 2.07 bits per heavy atom. The summed E-state index contributed by atoms with van der Waals surface area (Å²) in [4.78, 5) is 10.2. The quantitative estimate of drug-likeness (QED) is 0.406. The Balaban J connectivity index is 2.49. The van der Waals surface area contributed by atoms with Crippen molar-refractivity contribution in [1.29, 1.82) is 0 Å². The molecule has 0 aromatic rings. The lowest BCUT2D eigenvalue weighted by Gasteiger charge is -2.34. The van der Waals surface area contributed by atoms with Crippen LogP contribution in [-0.4, -0.2) is 64.2 Å². The SMILES string of the molecule is O=C(O)CO[C@H]1[C@H](O)COC(O)[C@@H]1O. The number of aliphatic hydroxyl groups excluding tert-OH is 3. The predicted octanol–water partition coefficient (Wildman–Crippen LogP) is -2.47. The first kappa shape index (κ1) is 11.3. The van der Waals surface area contributed by atoms with E-state index >= 15 is 0 Å². The Morgan fingerprint density at radius 1 is 1.43 bits per heavy atom. The van der Waals surface area contributed by atoms with Gasteiger partial charge in [-0.1, -0.05) is 0 Å². The highest BCUT2D eigenvalue weighted by Gasteiger charge is 2.38. The minimum atomic E-state index is -1.46. The van der Waals surface area contributed by atoms with Crippen molar-refractivity contribution in [3.05, 3.63) is 0 Å². The molecule has 0 radical (unpaired) electrons. The van der Waals surface area contributed by atoms with Crippen LogP contribution in [0.5, 0.6) is 0 Å². The van der Waals surface area contributed by atoms with Crippen LogP contribution in [0.1, 0.15) is 0 Å². The second kappa shape index (κ2) is 4.67. The average Bonchev–Trinajstić information content (AvgIpc) is 2.11. The molecule has 0 aromatic heterocycles. The molecule has 0 spiro atoms. The molecule has 1 aliphatic rings. The molecule has 0 bridgehead atoms. The topological polar surface area (TPSA) is 116 Å². The lowest BCUT2D eigenvalue weighted by atomic mass is 10.1. The molecule has 14 heavy (non-hydrogen) atoms. The second-order valence-corrected chi connectivity index (χ2v) is 2.95. The summed E-state index contributed by atoms with van der Waals surface area (Å²) in [6, 6.07) is 0. The number of carbonyl (C=O) groups is 1. The molecule has 1 heterocycles. The molecule has 0 saturated carbocycles. The summed E-state index contributed by atoms with van der Waals surface area (Å²) in [6.07, 6.45) is -5.20. The van der Waals surface area contributed by atoms with Crippen molar-refractivity contribution >= 4 is 5.97 Å². The van der Waals surface area contributed by atoms with Crippen molar-refractivity contribution in [3.63, 3.8) is 0 Å². The molecule has 4 atom stereocenters. The van der Waals surface area contributed by atoms with E-state index in [1.165, 1.54) is 0 Å². The van der Waals surface area contributed by atoms with Crippen LogP contribution in [0.3, 0.4) is 0 Å². The Labute approximate surface area is 79.5 Å². The molecule has 1 aliphatic heterocycles. The molecule has 1 fully saturated rings. The maximum atomic E-state index is 10.2. The highest BCUT2D eigenvalue weighted by atomic mass is 16.6. The van der Waals surface area contributed by atoms with Crippen LogP contribution < -0.4 is 0 Å². The smallest absolute Gasteiger partial charge is 0.329 e. The fourth-order valence-electron chi connectivity index (χ4n) is 1.16. The van der Waals surface area contributed by atoms with E-state index in [-0.39, 0.29) is 6.61 Å². The molecule has 1 saturated heterocycles. The zero-order chi connectivity index (χ0) is 10.7. The standard InChI is InChI=1S/C7H12O7/c8-3-1-14-7(12)5(11)6(3)13-2-4(9)10/h3,5-8,11-12H,1-2H2,(H,9,10)/t3-,5-,6+,7?/m1/s1. The van der Waals surface area contributed by atoms with Gasteiger partial charge >= 0.3 is 5.97 Å². The normalized spacial score (nSPS) is 38.2. The summed E-state index contributed by atoms with van der Waals surface area (Å²) < 4.78 is 9.27. The first-order chi connectivity index (χ1) is 6.52. The maximum Gasteiger partial charge on any atom is 0.329 e. The summed E-state index contributed by atoms with van der Waals surface area (Å²) in [5, 5.41) is 35.8. The van der Waals surface area contributed by atoms with Gasteiger partial charge in [-0.3, -0.25) is 0 Å². The number of hydrogen-bond donors (Lipinski definition) is 4. The van der Waals surface area contributed by atoms with E-state index in [1.807, 2.05) is 0 Å². The van der Waals surface area contributed by atoms with Gasteiger partial charge in [-0.15, -0.1) is 0 Å². The van der Waals surface area contributed by atoms with Crippen molar-refractivity contribution < 1.29 is 34.7 Å². The lowest BCUT2D eigenvalue weighted by molar-refractivity contribution is -0.261. The largest absolute Gasteiger partial charge is 0.480 e. The summed E-state index contributed by atoms with van der Waals surface area (Å²) in [6.45, 7) is -0.853.